The number of anilines is 1. The predicted octanol–water partition coefficient (Wildman–Crippen LogP) is 1.86. The smallest absolute Gasteiger partial charge is 0.414 e. The maximum atomic E-state index is 13.0. The Kier molecular flexibility index (Phi) is 2.72. The summed E-state index contributed by atoms with van der Waals surface area (Å²) >= 11 is 0. The van der Waals surface area contributed by atoms with Crippen LogP contribution in [0.4, 0.5) is 10.1 Å². The van der Waals surface area contributed by atoms with E-state index >= 15 is 0 Å². The molecule has 84 valence electrons. The van der Waals surface area contributed by atoms with Crippen molar-refractivity contribution < 1.29 is 13.5 Å². The summed E-state index contributed by atoms with van der Waals surface area (Å²) in [6.45, 7) is 2.21. The van der Waals surface area contributed by atoms with Gasteiger partial charge in [-0.05, 0) is 25.1 Å². The van der Waals surface area contributed by atoms with Gasteiger partial charge < -0.3 is 14.9 Å². The van der Waals surface area contributed by atoms with Gasteiger partial charge in [0.25, 0.3) is 5.89 Å². The molecule has 0 aliphatic rings. The van der Waals surface area contributed by atoms with Gasteiger partial charge in [0.2, 0.25) is 0 Å². The SMILES string of the molecule is CCOc1nnc(-c2cc(F)ccc2N)o1. The molecule has 0 aliphatic heterocycles. The van der Waals surface area contributed by atoms with Crippen LogP contribution in [0.25, 0.3) is 11.5 Å². The molecule has 0 spiro atoms. The average Bonchev–Trinajstić information content (AvgIpc) is 2.71. The number of nitrogens with zero attached hydrogens (tertiary/aromatic N) is 2. The Labute approximate surface area is 91.0 Å². The van der Waals surface area contributed by atoms with Crippen LogP contribution in [0.3, 0.4) is 0 Å². The molecule has 0 amide bonds. The Morgan fingerprint density at radius 2 is 2.25 bits per heavy atom. The van der Waals surface area contributed by atoms with Gasteiger partial charge in [-0.3, -0.25) is 0 Å². The molecule has 0 unspecified atom stereocenters. The van der Waals surface area contributed by atoms with Gasteiger partial charge in [0.1, 0.15) is 5.82 Å². The van der Waals surface area contributed by atoms with E-state index in [0.717, 1.165) is 0 Å². The number of nitrogen functional groups attached to an aromatic ring is 1. The first-order chi connectivity index (χ1) is 7.70. The second-order valence-electron chi connectivity index (χ2n) is 3.04. The second kappa shape index (κ2) is 4.18. The molecule has 0 atom stereocenters. The molecule has 5 nitrogen and oxygen atoms in total. The molecule has 0 radical (unpaired) electrons. The van der Waals surface area contributed by atoms with E-state index in [9.17, 15) is 4.39 Å². The summed E-state index contributed by atoms with van der Waals surface area (Å²) in [6, 6.07) is 3.94. The lowest BCUT2D eigenvalue weighted by Crippen LogP contribution is -1.91. The molecule has 0 bridgehead atoms. The first kappa shape index (κ1) is 10.4. The quantitative estimate of drug-likeness (QED) is 0.804. The van der Waals surface area contributed by atoms with Crippen LogP contribution in [-0.4, -0.2) is 16.8 Å². The normalized spacial score (nSPS) is 10.4. The number of benzene rings is 1. The minimum Gasteiger partial charge on any atom is -0.449 e. The summed E-state index contributed by atoms with van der Waals surface area (Å²) in [5.74, 6) is -0.277. The minimum absolute atomic E-state index is 0.0427. The van der Waals surface area contributed by atoms with Gasteiger partial charge in [0.05, 0.1) is 12.2 Å². The Morgan fingerprint density at radius 1 is 1.44 bits per heavy atom. The van der Waals surface area contributed by atoms with Gasteiger partial charge in [-0.25, -0.2) is 4.39 Å². The zero-order valence-electron chi connectivity index (χ0n) is 8.61. The number of nitrogens with two attached hydrogens (primary N) is 1. The van der Waals surface area contributed by atoms with Crippen molar-refractivity contribution in [2.24, 2.45) is 0 Å². The van der Waals surface area contributed by atoms with Gasteiger partial charge in [-0.2, -0.15) is 0 Å². The molecule has 1 aromatic heterocycles. The summed E-state index contributed by atoms with van der Waals surface area (Å²) in [5.41, 5.74) is 6.40. The lowest BCUT2D eigenvalue weighted by atomic mass is 10.2. The fraction of sp³-hybridized carbons (Fsp3) is 0.200. The van der Waals surface area contributed by atoms with Crippen molar-refractivity contribution in [1.29, 1.82) is 0 Å². The molecule has 0 aliphatic carbocycles. The van der Waals surface area contributed by atoms with Crippen molar-refractivity contribution in [1.82, 2.24) is 10.2 Å². The van der Waals surface area contributed by atoms with Crippen molar-refractivity contribution in [2.45, 2.75) is 6.92 Å². The summed E-state index contributed by atoms with van der Waals surface area (Å²) in [7, 11) is 0. The molecule has 0 saturated heterocycles. The van der Waals surface area contributed by atoms with Crippen molar-refractivity contribution in [3.05, 3.63) is 24.0 Å². The first-order valence-corrected chi connectivity index (χ1v) is 4.72. The molecule has 0 fully saturated rings. The van der Waals surface area contributed by atoms with Crippen LogP contribution in [0.2, 0.25) is 0 Å². The topological polar surface area (TPSA) is 74.2 Å². The highest BCUT2D eigenvalue weighted by molar-refractivity contribution is 5.70. The van der Waals surface area contributed by atoms with E-state index in [1.54, 1.807) is 6.92 Å². The number of halogens is 1. The zero-order chi connectivity index (χ0) is 11.5. The number of hydrogen-bond donors (Lipinski definition) is 1. The molecule has 0 saturated carbocycles. The molecule has 2 aromatic rings. The van der Waals surface area contributed by atoms with Crippen LogP contribution in [0.1, 0.15) is 6.92 Å². The lowest BCUT2D eigenvalue weighted by Gasteiger charge is -1.99. The number of rotatable bonds is 3. The van der Waals surface area contributed by atoms with Gasteiger partial charge >= 0.3 is 6.08 Å². The lowest BCUT2D eigenvalue weighted by molar-refractivity contribution is 0.247. The van der Waals surface area contributed by atoms with Crippen LogP contribution >= 0.6 is 0 Å². The summed E-state index contributed by atoms with van der Waals surface area (Å²) in [6.07, 6.45) is 0.0427. The van der Waals surface area contributed by atoms with E-state index in [2.05, 4.69) is 10.2 Å². The van der Waals surface area contributed by atoms with Crippen LogP contribution in [-0.2, 0) is 0 Å². The number of ether oxygens (including phenoxy) is 1. The van der Waals surface area contributed by atoms with Gasteiger partial charge in [0, 0.05) is 5.69 Å². The standard InChI is InChI=1S/C10H10FN3O2/c1-2-15-10-14-13-9(16-10)7-5-6(11)3-4-8(7)12/h3-5H,2,12H2,1H3. The number of aromatic nitrogens is 2. The first-order valence-electron chi connectivity index (χ1n) is 4.72. The molecular weight excluding hydrogens is 213 g/mol. The van der Waals surface area contributed by atoms with Crippen molar-refractivity contribution >= 4 is 5.69 Å². The summed E-state index contributed by atoms with van der Waals surface area (Å²) in [4.78, 5) is 0. The van der Waals surface area contributed by atoms with Crippen molar-refractivity contribution in [2.75, 3.05) is 12.3 Å². The van der Waals surface area contributed by atoms with E-state index < -0.39 is 5.82 Å². The fourth-order valence-electron chi connectivity index (χ4n) is 1.21. The van der Waals surface area contributed by atoms with E-state index in [-0.39, 0.29) is 12.0 Å². The van der Waals surface area contributed by atoms with Crippen molar-refractivity contribution in [3.63, 3.8) is 0 Å². The van der Waals surface area contributed by atoms with E-state index in [1.165, 1.54) is 18.2 Å². The van der Waals surface area contributed by atoms with E-state index in [0.29, 0.717) is 17.9 Å². The zero-order valence-corrected chi connectivity index (χ0v) is 8.61. The van der Waals surface area contributed by atoms with E-state index in [4.69, 9.17) is 14.9 Å². The Balaban J connectivity index is 2.38. The minimum atomic E-state index is -0.416. The molecule has 1 aromatic carbocycles. The maximum Gasteiger partial charge on any atom is 0.414 e. The van der Waals surface area contributed by atoms with Gasteiger partial charge in [-0.1, -0.05) is 5.10 Å². The van der Waals surface area contributed by atoms with Crippen LogP contribution in [0.5, 0.6) is 6.08 Å². The Hall–Kier alpha value is -2.11. The molecule has 6 heteroatoms. The van der Waals surface area contributed by atoms with Crippen molar-refractivity contribution in [3.8, 4) is 17.5 Å². The third-order valence-electron chi connectivity index (χ3n) is 1.92. The molecule has 2 rings (SSSR count). The third-order valence-corrected chi connectivity index (χ3v) is 1.92. The second-order valence-corrected chi connectivity index (χ2v) is 3.04. The van der Waals surface area contributed by atoms with Crippen LogP contribution in [0, 0.1) is 5.82 Å². The molecule has 16 heavy (non-hydrogen) atoms. The fourth-order valence-corrected chi connectivity index (χ4v) is 1.21. The van der Waals surface area contributed by atoms with Crippen LogP contribution < -0.4 is 10.5 Å². The summed E-state index contributed by atoms with van der Waals surface area (Å²) < 4.78 is 23.2. The predicted molar refractivity (Wildman–Crippen MR) is 55.3 cm³/mol. The largest absolute Gasteiger partial charge is 0.449 e. The Morgan fingerprint density at radius 3 is 3.00 bits per heavy atom. The van der Waals surface area contributed by atoms with Gasteiger partial charge in [-0.15, -0.1) is 5.10 Å². The molecule has 2 N–H and O–H groups in total. The maximum absolute atomic E-state index is 13.0. The highest BCUT2D eigenvalue weighted by atomic mass is 19.1. The highest BCUT2D eigenvalue weighted by Gasteiger charge is 2.12. The molecule has 1 heterocycles. The monoisotopic (exact) mass is 223 g/mol. The molecular formula is C10H10FN3O2. The van der Waals surface area contributed by atoms with E-state index in [1.807, 2.05) is 0 Å². The average molecular weight is 223 g/mol. The van der Waals surface area contributed by atoms with Gasteiger partial charge in [0.15, 0.2) is 0 Å². The highest BCUT2D eigenvalue weighted by Crippen LogP contribution is 2.27. The van der Waals surface area contributed by atoms with Crippen LogP contribution in [0.15, 0.2) is 22.6 Å². The number of hydrogen-bond acceptors (Lipinski definition) is 5. The third kappa shape index (κ3) is 1.95. The summed E-state index contributed by atoms with van der Waals surface area (Å²) in [5, 5.41) is 7.35. The Bertz CT molecular complexity index is 499.